The quantitative estimate of drug-likeness (QED) is 0.0564. The van der Waals surface area contributed by atoms with Crippen LogP contribution in [0.15, 0.2) is 30.5 Å². The van der Waals surface area contributed by atoms with E-state index in [1.54, 1.807) is 44.8 Å². The van der Waals surface area contributed by atoms with E-state index < -0.39 is 114 Å². The standard InChI is InChI=1S/C52H83N5O15/c1-12-39-52(9,64)45(61)30(3)42(59)35-24-51(8,67-28-35)47(31(4)44(32(5)48(63)70-39)71-41-25-50(7,66-11)46(62)33(6)69-41)72-49-43(60)38(23-29(2)68-49)56(10)26-34-19-16-17-20-36(34)37-27-57(55-53-37)22-18-14-13-15-21-40(58)54-65/h16-17,19-20,27,29-33,35,38-39,41,43-47,49,60-62,64-65H,12-15,18,21-26,28H2,1-11H3,(H,54,58)/t29-,30+,31+,32-,33+,35+,38+,39-,41+,43-,44+,45-,46+,47-,49+,50-,51-,52-/m1/s1. The van der Waals surface area contributed by atoms with E-state index in [0.717, 1.165) is 30.4 Å². The number of ketones is 1. The predicted molar refractivity (Wildman–Crippen MR) is 261 cm³/mol. The molecule has 0 saturated carbocycles. The zero-order chi connectivity index (χ0) is 52.9. The molecule has 406 valence electrons. The van der Waals surface area contributed by atoms with E-state index in [1.807, 2.05) is 58.3 Å². The van der Waals surface area contributed by atoms with Gasteiger partial charge < -0.3 is 53.6 Å². The number of methoxy groups -OCH3 is 1. The number of aliphatic hydroxyl groups is 4. The van der Waals surface area contributed by atoms with Crippen molar-refractivity contribution in [3.05, 3.63) is 36.0 Å². The van der Waals surface area contributed by atoms with Crippen molar-refractivity contribution in [2.24, 2.45) is 23.7 Å². The Morgan fingerprint density at radius 3 is 2.36 bits per heavy atom. The largest absolute Gasteiger partial charge is 0.459 e. The van der Waals surface area contributed by atoms with E-state index in [9.17, 15) is 34.8 Å². The number of Topliss-reactive ketones (excluding diaryl/α,β-unsaturated/α-hetero) is 1. The van der Waals surface area contributed by atoms with Crippen LogP contribution >= 0.6 is 0 Å². The summed E-state index contributed by atoms with van der Waals surface area (Å²) >= 11 is 0. The fraction of sp³-hybridized carbons (Fsp3) is 0.788. The molecule has 5 heterocycles. The molecule has 2 bridgehead atoms. The second-order valence-electron chi connectivity index (χ2n) is 21.7. The number of amides is 1. The zero-order valence-electron chi connectivity index (χ0n) is 44.1. The van der Waals surface area contributed by atoms with Crippen LogP contribution in [-0.4, -0.2) is 168 Å². The van der Waals surface area contributed by atoms with Crippen LogP contribution in [0.2, 0.25) is 0 Å². The monoisotopic (exact) mass is 1020 g/mol. The lowest BCUT2D eigenvalue weighted by molar-refractivity contribution is -0.317. The van der Waals surface area contributed by atoms with Gasteiger partial charge in [-0.3, -0.25) is 29.2 Å². The van der Waals surface area contributed by atoms with E-state index in [0.29, 0.717) is 31.6 Å². The summed E-state index contributed by atoms with van der Waals surface area (Å²) in [5.41, 5.74) is -0.0897. The van der Waals surface area contributed by atoms with E-state index in [1.165, 1.54) is 14.0 Å². The van der Waals surface area contributed by atoms with Crippen LogP contribution in [0.3, 0.4) is 0 Å². The molecule has 4 fully saturated rings. The Labute approximate surface area is 424 Å². The number of carbonyl (C=O) groups excluding carboxylic acids is 3. The molecule has 0 aliphatic carbocycles. The van der Waals surface area contributed by atoms with Crippen LogP contribution in [0.4, 0.5) is 0 Å². The summed E-state index contributed by atoms with van der Waals surface area (Å²) in [6.07, 6.45) is -4.05. The molecule has 20 heteroatoms. The lowest BCUT2D eigenvalue weighted by Gasteiger charge is -2.49. The van der Waals surface area contributed by atoms with Gasteiger partial charge in [0.1, 0.15) is 35.4 Å². The number of hydroxylamine groups is 1. The topological polar surface area (TPSA) is 263 Å². The van der Waals surface area contributed by atoms with Gasteiger partial charge in [0, 0.05) is 62.4 Å². The Balaban J connectivity index is 1.28. The van der Waals surface area contributed by atoms with Crippen LogP contribution in [0.5, 0.6) is 0 Å². The van der Waals surface area contributed by atoms with Crippen molar-refractivity contribution < 1.29 is 73.2 Å². The predicted octanol–water partition coefficient (Wildman–Crippen LogP) is 4.09. The highest BCUT2D eigenvalue weighted by molar-refractivity contribution is 5.84. The third-order valence-corrected chi connectivity index (χ3v) is 16.1. The first-order chi connectivity index (χ1) is 34.0. The van der Waals surface area contributed by atoms with Gasteiger partial charge in [-0.15, -0.1) is 5.10 Å². The molecule has 6 N–H and O–H groups in total. The maximum absolute atomic E-state index is 14.5. The summed E-state index contributed by atoms with van der Waals surface area (Å²) in [7, 11) is 3.44. The van der Waals surface area contributed by atoms with Crippen molar-refractivity contribution in [1.29, 1.82) is 0 Å². The number of esters is 1. The van der Waals surface area contributed by atoms with Gasteiger partial charge in [0.15, 0.2) is 12.6 Å². The number of benzene rings is 1. The van der Waals surface area contributed by atoms with Gasteiger partial charge in [-0.1, -0.05) is 63.1 Å². The molecule has 20 nitrogen and oxygen atoms in total. The second kappa shape index (κ2) is 24.4. The number of unbranched alkanes of at least 4 members (excludes halogenated alkanes) is 3. The Hall–Kier alpha value is -3.51. The average Bonchev–Trinajstić information content (AvgIpc) is 4.00. The van der Waals surface area contributed by atoms with E-state index in [2.05, 4.69) is 15.2 Å². The van der Waals surface area contributed by atoms with Gasteiger partial charge in [-0.25, -0.2) is 5.48 Å². The first kappa shape index (κ1) is 57.8. The number of fused-ring (bicyclic) bond motifs is 2. The first-order valence-corrected chi connectivity index (χ1v) is 25.9. The number of aryl methyl sites for hydroxylation is 1. The molecule has 0 unspecified atom stereocenters. The molecule has 4 aliphatic heterocycles. The van der Waals surface area contributed by atoms with E-state index in [-0.39, 0.29) is 44.2 Å². The summed E-state index contributed by atoms with van der Waals surface area (Å²) in [6.45, 7) is 16.4. The van der Waals surface area contributed by atoms with Crippen molar-refractivity contribution in [1.82, 2.24) is 25.4 Å². The molecule has 1 aromatic heterocycles. The molecule has 2 aromatic rings. The molecule has 4 saturated heterocycles. The first-order valence-electron chi connectivity index (χ1n) is 25.9. The minimum atomic E-state index is -2.00. The van der Waals surface area contributed by atoms with Gasteiger partial charge in [-0.2, -0.15) is 0 Å². The number of nitrogens with zero attached hydrogens (tertiary/aromatic N) is 4. The highest BCUT2D eigenvalue weighted by atomic mass is 16.7. The van der Waals surface area contributed by atoms with Crippen molar-refractivity contribution in [2.75, 3.05) is 20.8 Å². The van der Waals surface area contributed by atoms with Gasteiger partial charge in [0.2, 0.25) is 5.91 Å². The zero-order valence-corrected chi connectivity index (χ0v) is 44.1. The number of carbonyl (C=O) groups is 3. The smallest absolute Gasteiger partial charge is 0.311 e. The van der Waals surface area contributed by atoms with Crippen LogP contribution in [0, 0.1) is 23.7 Å². The number of cyclic esters (lactones) is 1. The number of aromatic nitrogens is 3. The molecule has 18 atom stereocenters. The van der Waals surface area contributed by atoms with E-state index in [4.69, 9.17) is 38.4 Å². The Bertz CT molecular complexity index is 2110. The molecule has 6 rings (SSSR count). The number of aliphatic hydroxyl groups excluding tert-OH is 3. The normalized spacial score (nSPS) is 39.2. The number of likely N-dealkylation sites (N-methyl/N-ethyl adjacent to an activating group) is 1. The van der Waals surface area contributed by atoms with Crippen LogP contribution < -0.4 is 5.48 Å². The summed E-state index contributed by atoms with van der Waals surface area (Å²) in [5, 5.41) is 64.5. The molecule has 1 amide bonds. The molecular weight excluding hydrogens is 935 g/mol. The highest BCUT2D eigenvalue weighted by Crippen LogP contribution is 2.45. The third kappa shape index (κ3) is 12.9. The van der Waals surface area contributed by atoms with Crippen LogP contribution in [0.25, 0.3) is 11.3 Å². The minimum absolute atomic E-state index is 0.0153. The fourth-order valence-corrected chi connectivity index (χ4v) is 11.5. The molecule has 0 spiro atoms. The van der Waals surface area contributed by atoms with Gasteiger partial charge in [0.25, 0.3) is 0 Å². The second-order valence-corrected chi connectivity index (χ2v) is 21.7. The maximum Gasteiger partial charge on any atom is 0.311 e. The number of rotatable bonds is 17. The lowest BCUT2D eigenvalue weighted by Crippen LogP contribution is -2.61. The number of hydrogen-bond acceptors (Lipinski definition) is 18. The highest BCUT2D eigenvalue weighted by Gasteiger charge is 2.56. The van der Waals surface area contributed by atoms with Gasteiger partial charge in [0.05, 0.1) is 60.4 Å². The van der Waals surface area contributed by atoms with Crippen LogP contribution in [0.1, 0.15) is 126 Å². The SMILES string of the molecule is CC[C@H]1OC(=O)[C@H](C)[C@@H](O[C@H]2C[C@@](C)(OC)[C@@H](O)[C@H](C)O2)[C@H](C)[C@@H](O[C@@H]2O[C@H](C)C[C@H](N(C)Cc3ccccc3-c3cn(CCCCCCC(=O)NO)nn3)[C@H]2O)[C@@]2(C)C[C@@H](CO2)C(=O)[C@H](C)[C@@H](O)[C@]1(C)O. The van der Waals surface area contributed by atoms with Crippen molar-refractivity contribution >= 4 is 17.7 Å². The lowest BCUT2D eigenvalue weighted by atomic mass is 9.75. The summed E-state index contributed by atoms with van der Waals surface area (Å²) < 4.78 is 46.9. The number of nitrogens with one attached hydrogen (secondary N) is 1. The molecule has 72 heavy (non-hydrogen) atoms. The van der Waals surface area contributed by atoms with Gasteiger partial charge in [-0.05, 0) is 86.3 Å². The number of ether oxygens (including phenoxy) is 7. The van der Waals surface area contributed by atoms with Crippen LogP contribution in [-0.2, 0) is 60.6 Å². The van der Waals surface area contributed by atoms with E-state index >= 15 is 0 Å². The Kier molecular flexibility index (Phi) is 19.6. The fourth-order valence-electron chi connectivity index (χ4n) is 11.5. The number of hydrogen-bond donors (Lipinski definition) is 6. The Morgan fingerprint density at radius 1 is 0.958 bits per heavy atom. The molecule has 4 aliphatic rings. The molecular formula is C52H83N5O15. The summed E-state index contributed by atoms with van der Waals surface area (Å²) in [6, 6.07) is 7.44. The molecule has 0 radical (unpaired) electrons. The third-order valence-electron chi connectivity index (χ3n) is 16.1. The minimum Gasteiger partial charge on any atom is -0.459 e. The van der Waals surface area contributed by atoms with Crippen molar-refractivity contribution in [3.63, 3.8) is 0 Å². The Morgan fingerprint density at radius 2 is 1.67 bits per heavy atom. The van der Waals surface area contributed by atoms with Crippen molar-refractivity contribution in [2.45, 2.75) is 217 Å². The maximum atomic E-state index is 14.5. The van der Waals surface area contributed by atoms with Crippen molar-refractivity contribution in [3.8, 4) is 11.3 Å². The summed E-state index contributed by atoms with van der Waals surface area (Å²) in [5.74, 6) is -5.03. The average molecular weight is 1020 g/mol. The molecule has 1 aromatic carbocycles. The summed E-state index contributed by atoms with van der Waals surface area (Å²) in [4.78, 5) is 42.1. The van der Waals surface area contributed by atoms with Gasteiger partial charge >= 0.3 is 5.97 Å².